The number of carbonyl (C=O) groups excluding carboxylic acids is 1. The Kier molecular flexibility index (Phi) is 6.56. The van der Waals surface area contributed by atoms with Gasteiger partial charge in [-0.25, -0.2) is 9.59 Å². The zero-order valence-electron chi connectivity index (χ0n) is 16.2. The summed E-state index contributed by atoms with van der Waals surface area (Å²) >= 11 is 0. The van der Waals surface area contributed by atoms with Crippen LogP contribution in [0.25, 0.3) is 11.1 Å². The van der Waals surface area contributed by atoms with Crippen LogP contribution in [0.5, 0.6) is 0 Å². The predicted octanol–water partition coefficient (Wildman–Crippen LogP) is 4.89. The molecule has 156 valence electrons. The third-order valence-corrected chi connectivity index (χ3v) is 3.93. The van der Waals surface area contributed by atoms with Crippen LogP contribution in [0.4, 0.5) is 18.0 Å². The van der Waals surface area contributed by atoms with Gasteiger partial charge in [0.25, 0.3) is 0 Å². The SMILES string of the molecule is CC(C)(C)OC(=O)NC(Cc1ccc(-c2ccccc2C(F)(F)F)cc1)C(=O)O. The van der Waals surface area contributed by atoms with Gasteiger partial charge < -0.3 is 15.2 Å². The van der Waals surface area contributed by atoms with Crippen LogP contribution in [0.3, 0.4) is 0 Å². The van der Waals surface area contributed by atoms with Gasteiger partial charge in [-0.1, -0.05) is 42.5 Å². The number of alkyl carbamates (subject to hydrolysis) is 1. The van der Waals surface area contributed by atoms with E-state index in [1.54, 1.807) is 20.8 Å². The van der Waals surface area contributed by atoms with Gasteiger partial charge in [0.2, 0.25) is 0 Å². The number of rotatable bonds is 5. The normalized spacial score (nSPS) is 12.9. The quantitative estimate of drug-likeness (QED) is 0.737. The Morgan fingerprint density at radius 2 is 1.62 bits per heavy atom. The third-order valence-electron chi connectivity index (χ3n) is 3.93. The van der Waals surface area contributed by atoms with Crippen molar-refractivity contribution in [1.82, 2.24) is 5.32 Å². The van der Waals surface area contributed by atoms with Gasteiger partial charge in [0.1, 0.15) is 11.6 Å². The molecule has 2 aromatic rings. The maximum atomic E-state index is 13.2. The van der Waals surface area contributed by atoms with E-state index in [9.17, 15) is 27.9 Å². The summed E-state index contributed by atoms with van der Waals surface area (Å²) in [6, 6.07) is 10.0. The largest absolute Gasteiger partial charge is 0.480 e. The summed E-state index contributed by atoms with van der Waals surface area (Å²) in [5.74, 6) is -1.25. The molecular formula is C21H22F3NO4. The minimum atomic E-state index is -4.49. The lowest BCUT2D eigenvalue weighted by Gasteiger charge is -2.22. The molecule has 1 amide bonds. The smallest absolute Gasteiger partial charge is 0.417 e. The van der Waals surface area contributed by atoms with Gasteiger partial charge >= 0.3 is 18.2 Å². The van der Waals surface area contributed by atoms with Crippen LogP contribution in [-0.4, -0.2) is 28.8 Å². The molecule has 29 heavy (non-hydrogen) atoms. The summed E-state index contributed by atoms with van der Waals surface area (Å²) in [4.78, 5) is 23.3. The van der Waals surface area contributed by atoms with Crippen molar-refractivity contribution in [2.24, 2.45) is 0 Å². The first-order valence-corrected chi connectivity index (χ1v) is 8.84. The molecule has 0 radical (unpaired) electrons. The highest BCUT2D eigenvalue weighted by atomic mass is 19.4. The van der Waals surface area contributed by atoms with Crippen molar-refractivity contribution in [2.75, 3.05) is 0 Å². The first-order chi connectivity index (χ1) is 13.4. The van der Waals surface area contributed by atoms with Gasteiger partial charge in [-0.3, -0.25) is 0 Å². The van der Waals surface area contributed by atoms with Crippen molar-refractivity contribution >= 4 is 12.1 Å². The van der Waals surface area contributed by atoms with Gasteiger partial charge in [0.15, 0.2) is 0 Å². The fourth-order valence-electron chi connectivity index (χ4n) is 2.69. The molecule has 8 heteroatoms. The second kappa shape index (κ2) is 8.55. The maximum absolute atomic E-state index is 13.2. The Bertz CT molecular complexity index is 871. The van der Waals surface area contributed by atoms with Gasteiger partial charge in [-0.2, -0.15) is 13.2 Å². The topological polar surface area (TPSA) is 75.6 Å². The van der Waals surface area contributed by atoms with Crippen molar-refractivity contribution in [2.45, 2.75) is 45.0 Å². The predicted molar refractivity (Wildman–Crippen MR) is 101 cm³/mol. The summed E-state index contributed by atoms with van der Waals surface area (Å²) in [7, 11) is 0. The number of carboxylic acid groups (broad SMARTS) is 1. The van der Waals surface area contributed by atoms with E-state index in [1.807, 2.05) is 0 Å². The summed E-state index contributed by atoms with van der Waals surface area (Å²) in [5.41, 5.74) is -0.591. The Morgan fingerprint density at radius 1 is 1.03 bits per heavy atom. The summed E-state index contributed by atoms with van der Waals surface area (Å²) in [5, 5.41) is 11.6. The summed E-state index contributed by atoms with van der Waals surface area (Å²) in [6.07, 6.45) is -5.39. The van der Waals surface area contributed by atoms with E-state index in [0.29, 0.717) is 11.1 Å². The number of nitrogens with one attached hydrogen (secondary N) is 1. The van der Waals surface area contributed by atoms with Gasteiger partial charge in [0.05, 0.1) is 5.56 Å². The van der Waals surface area contributed by atoms with Crippen LogP contribution in [-0.2, 0) is 22.1 Å². The Balaban J connectivity index is 2.18. The van der Waals surface area contributed by atoms with Crippen molar-refractivity contribution in [3.8, 4) is 11.1 Å². The highest BCUT2D eigenvalue weighted by Crippen LogP contribution is 2.36. The van der Waals surface area contributed by atoms with E-state index >= 15 is 0 Å². The van der Waals surface area contributed by atoms with Gasteiger partial charge in [-0.05, 0) is 43.5 Å². The van der Waals surface area contributed by atoms with Crippen LogP contribution in [0.1, 0.15) is 31.9 Å². The van der Waals surface area contributed by atoms with E-state index in [-0.39, 0.29) is 12.0 Å². The molecule has 2 rings (SSSR count). The number of carbonyl (C=O) groups is 2. The monoisotopic (exact) mass is 409 g/mol. The molecule has 0 saturated carbocycles. The van der Waals surface area contributed by atoms with Crippen LogP contribution in [0.15, 0.2) is 48.5 Å². The van der Waals surface area contributed by atoms with E-state index in [4.69, 9.17) is 4.74 Å². The number of aliphatic carboxylic acids is 1. The van der Waals surface area contributed by atoms with Crippen LogP contribution >= 0.6 is 0 Å². The molecule has 0 heterocycles. The third kappa shape index (κ3) is 6.51. The average Bonchev–Trinajstić information content (AvgIpc) is 2.59. The second-order valence-corrected chi connectivity index (χ2v) is 7.48. The van der Waals surface area contributed by atoms with E-state index in [1.165, 1.54) is 42.5 Å². The van der Waals surface area contributed by atoms with E-state index in [2.05, 4.69) is 5.32 Å². The number of amides is 1. The second-order valence-electron chi connectivity index (χ2n) is 7.48. The number of carboxylic acids is 1. The molecule has 0 aliphatic rings. The van der Waals surface area contributed by atoms with Crippen molar-refractivity contribution in [3.05, 3.63) is 59.7 Å². The molecule has 5 nitrogen and oxygen atoms in total. The van der Waals surface area contributed by atoms with Crippen LogP contribution in [0, 0.1) is 0 Å². The highest BCUT2D eigenvalue weighted by Gasteiger charge is 2.33. The first kappa shape index (κ1) is 22.3. The summed E-state index contributed by atoms with van der Waals surface area (Å²) < 4.78 is 44.6. The van der Waals surface area contributed by atoms with E-state index < -0.39 is 35.4 Å². The molecule has 1 unspecified atom stereocenters. The molecule has 0 aliphatic heterocycles. The molecule has 0 aromatic heterocycles. The molecular weight excluding hydrogens is 387 g/mol. The summed E-state index contributed by atoms with van der Waals surface area (Å²) in [6.45, 7) is 4.96. The fourth-order valence-corrected chi connectivity index (χ4v) is 2.69. The minimum Gasteiger partial charge on any atom is -0.480 e. The van der Waals surface area contributed by atoms with Crippen LogP contribution < -0.4 is 5.32 Å². The average molecular weight is 409 g/mol. The Hall–Kier alpha value is -3.03. The number of hydrogen-bond donors (Lipinski definition) is 2. The lowest BCUT2D eigenvalue weighted by molar-refractivity contribution is -0.139. The van der Waals surface area contributed by atoms with Crippen molar-refractivity contribution in [1.29, 1.82) is 0 Å². The number of hydrogen-bond acceptors (Lipinski definition) is 3. The highest BCUT2D eigenvalue weighted by molar-refractivity contribution is 5.80. The number of alkyl halides is 3. The van der Waals surface area contributed by atoms with Crippen molar-refractivity contribution in [3.63, 3.8) is 0 Å². The standard InChI is InChI=1S/C21H22F3NO4/c1-20(2,3)29-19(28)25-17(18(26)27)12-13-8-10-14(11-9-13)15-6-4-5-7-16(15)21(22,23)24/h4-11,17H,12H2,1-3H3,(H,25,28)(H,26,27). The molecule has 2 aromatic carbocycles. The zero-order chi connectivity index (χ0) is 21.8. The first-order valence-electron chi connectivity index (χ1n) is 8.84. The minimum absolute atomic E-state index is 0.0354. The zero-order valence-corrected chi connectivity index (χ0v) is 16.2. The molecule has 0 aliphatic carbocycles. The fraction of sp³-hybridized carbons (Fsp3) is 0.333. The van der Waals surface area contributed by atoms with Gasteiger partial charge in [-0.15, -0.1) is 0 Å². The number of ether oxygens (including phenoxy) is 1. The molecule has 2 N–H and O–H groups in total. The molecule has 0 spiro atoms. The van der Waals surface area contributed by atoms with E-state index in [0.717, 1.165) is 6.07 Å². The molecule has 0 bridgehead atoms. The number of halogens is 3. The lowest BCUT2D eigenvalue weighted by atomic mass is 9.97. The number of benzene rings is 2. The maximum Gasteiger partial charge on any atom is 0.417 e. The van der Waals surface area contributed by atoms with Crippen LogP contribution in [0.2, 0.25) is 0 Å². The van der Waals surface area contributed by atoms with Crippen molar-refractivity contribution < 1.29 is 32.6 Å². The Labute approximate surface area is 166 Å². The Morgan fingerprint density at radius 3 is 2.14 bits per heavy atom. The van der Waals surface area contributed by atoms with Gasteiger partial charge in [0, 0.05) is 6.42 Å². The lowest BCUT2D eigenvalue weighted by Crippen LogP contribution is -2.44. The molecule has 1 atom stereocenters. The molecule has 0 fully saturated rings. The molecule has 0 saturated heterocycles.